The third-order valence-electron chi connectivity index (χ3n) is 5.46. The summed E-state index contributed by atoms with van der Waals surface area (Å²) in [6.07, 6.45) is 1.68. The molecule has 1 saturated heterocycles. The summed E-state index contributed by atoms with van der Waals surface area (Å²) in [7, 11) is 0. The van der Waals surface area contributed by atoms with Crippen LogP contribution in [0.1, 0.15) is 38.9 Å². The molecule has 152 valence electrons. The van der Waals surface area contributed by atoms with Crippen LogP contribution in [-0.2, 0) is 11.3 Å². The van der Waals surface area contributed by atoms with Gasteiger partial charge in [0.15, 0.2) is 0 Å². The van der Waals surface area contributed by atoms with Crippen molar-refractivity contribution in [3.05, 3.63) is 58.9 Å². The van der Waals surface area contributed by atoms with Gasteiger partial charge in [0.05, 0.1) is 31.4 Å². The first-order valence-electron chi connectivity index (χ1n) is 9.90. The van der Waals surface area contributed by atoms with Crippen LogP contribution in [0.5, 0.6) is 5.75 Å². The lowest BCUT2D eigenvalue weighted by molar-refractivity contribution is 0.0303. The smallest absolute Gasteiger partial charge is 0.256 e. The first-order valence-corrected chi connectivity index (χ1v) is 9.90. The molecule has 4 rings (SSSR count). The molecule has 2 aromatic rings. The van der Waals surface area contributed by atoms with Gasteiger partial charge in [-0.15, -0.1) is 0 Å². The molecule has 2 aliphatic rings. The fraction of sp³-hybridized carbons (Fsp3) is 0.409. The molecular weight excluding hydrogens is 370 g/mol. The predicted octanol–water partition coefficient (Wildman–Crippen LogP) is 2.29. The maximum atomic E-state index is 13.2. The van der Waals surface area contributed by atoms with E-state index in [-0.39, 0.29) is 17.9 Å². The number of aryl methyl sites for hydroxylation is 1. The van der Waals surface area contributed by atoms with Crippen molar-refractivity contribution in [1.29, 1.82) is 0 Å². The lowest BCUT2D eigenvalue weighted by atomic mass is 10.1. The molecule has 0 N–H and O–H groups in total. The minimum atomic E-state index is -0.104. The van der Waals surface area contributed by atoms with E-state index in [2.05, 4.69) is 4.98 Å². The Morgan fingerprint density at radius 2 is 1.93 bits per heavy atom. The summed E-state index contributed by atoms with van der Waals surface area (Å²) in [5.41, 5.74) is 2.73. The van der Waals surface area contributed by atoms with Crippen LogP contribution in [0.15, 0.2) is 36.5 Å². The Morgan fingerprint density at radius 3 is 2.69 bits per heavy atom. The zero-order chi connectivity index (χ0) is 20.4. The number of ether oxygens (including phenoxy) is 2. The maximum absolute atomic E-state index is 13.2. The molecule has 0 bridgehead atoms. The second-order valence-electron chi connectivity index (χ2n) is 7.46. The molecule has 1 aromatic heterocycles. The zero-order valence-corrected chi connectivity index (χ0v) is 16.8. The highest BCUT2D eigenvalue weighted by atomic mass is 16.5. The van der Waals surface area contributed by atoms with Crippen molar-refractivity contribution in [1.82, 2.24) is 14.8 Å². The molecule has 29 heavy (non-hydrogen) atoms. The van der Waals surface area contributed by atoms with Crippen molar-refractivity contribution in [2.45, 2.75) is 26.4 Å². The van der Waals surface area contributed by atoms with Crippen LogP contribution >= 0.6 is 0 Å². The first kappa shape index (κ1) is 19.4. The molecule has 7 heteroatoms. The molecule has 0 unspecified atom stereocenters. The molecule has 3 heterocycles. The van der Waals surface area contributed by atoms with E-state index >= 15 is 0 Å². The van der Waals surface area contributed by atoms with Gasteiger partial charge in [-0.3, -0.25) is 14.6 Å². The molecule has 2 aliphatic heterocycles. The summed E-state index contributed by atoms with van der Waals surface area (Å²) in [6.45, 7) is 6.88. The minimum Gasteiger partial charge on any atom is -0.491 e. The van der Waals surface area contributed by atoms with Crippen molar-refractivity contribution in [2.75, 3.05) is 32.9 Å². The molecular formula is C22H25N3O4. The van der Waals surface area contributed by atoms with Crippen molar-refractivity contribution < 1.29 is 19.1 Å². The lowest BCUT2D eigenvalue weighted by Gasteiger charge is -2.28. The van der Waals surface area contributed by atoms with Crippen LogP contribution in [0.3, 0.4) is 0 Å². The standard InChI is InChI=1S/C22H25N3O4/c1-15-14-29-20-6-5-17(21(26)24-8-10-28-11-9-24)12-18(20)13-25(15)22(27)19-4-3-7-23-16(19)2/h3-7,12,15H,8-11,13-14H2,1-2H3/t15-/m0/s1. The molecule has 2 amide bonds. The van der Waals surface area contributed by atoms with Crippen LogP contribution in [-0.4, -0.2) is 65.6 Å². The Labute approximate surface area is 170 Å². The zero-order valence-electron chi connectivity index (χ0n) is 16.8. The second-order valence-corrected chi connectivity index (χ2v) is 7.46. The van der Waals surface area contributed by atoms with Crippen molar-refractivity contribution in [2.24, 2.45) is 0 Å². The highest BCUT2D eigenvalue weighted by molar-refractivity contribution is 5.96. The van der Waals surface area contributed by atoms with E-state index < -0.39 is 0 Å². The number of pyridine rings is 1. The Bertz CT molecular complexity index is 924. The van der Waals surface area contributed by atoms with Gasteiger partial charge in [0.1, 0.15) is 12.4 Å². The average Bonchev–Trinajstić information content (AvgIpc) is 2.92. The molecule has 1 atom stereocenters. The Morgan fingerprint density at radius 1 is 1.14 bits per heavy atom. The average molecular weight is 395 g/mol. The number of aromatic nitrogens is 1. The summed E-state index contributed by atoms with van der Waals surface area (Å²) in [4.78, 5) is 33.9. The number of morpholine rings is 1. The van der Waals surface area contributed by atoms with Crippen LogP contribution in [0.25, 0.3) is 0 Å². The Kier molecular flexibility index (Phi) is 5.49. The molecule has 7 nitrogen and oxygen atoms in total. The SMILES string of the molecule is Cc1ncccc1C(=O)N1Cc2cc(C(=O)N3CCOCC3)ccc2OC[C@@H]1C. The number of benzene rings is 1. The maximum Gasteiger partial charge on any atom is 0.256 e. The minimum absolute atomic E-state index is 0.0191. The number of rotatable bonds is 2. The van der Waals surface area contributed by atoms with Crippen LogP contribution in [0.2, 0.25) is 0 Å². The number of hydrogen-bond donors (Lipinski definition) is 0. The van der Waals surface area contributed by atoms with Gasteiger partial charge < -0.3 is 19.3 Å². The number of nitrogens with zero attached hydrogens (tertiary/aromatic N) is 3. The first-order chi connectivity index (χ1) is 14.0. The van der Waals surface area contributed by atoms with Gasteiger partial charge >= 0.3 is 0 Å². The molecule has 1 fully saturated rings. The highest BCUT2D eigenvalue weighted by Gasteiger charge is 2.28. The fourth-order valence-corrected chi connectivity index (χ4v) is 3.70. The normalized spacial score (nSPS) is 19.2. The summed E-state index contributed by atoms with van der Waals surface area (Å²) in [5, 5.41) is 0. The summed E-state index contributed by atoms with van der Waals surface area (Å²) < 4.78 is 11.3. The van der Waals surface area contributed by atoms with E-state index in [1.54, 1.807) is 34.2 Å². The second kappa shape index (κ2) is 8.21. The van der Waals surface area contributed by atoms with Gasteiger partial charge in [0.25, 0.3) is 11.8 Å². The molecule has 0 saturated carbocycles. The van der Waals surface area contributed by atoms with Gasteiger partial charge in [0.2, 0.25) is 0 Å². The third kappa shape index (κ3) is 3.96. The van der Waals surface area contributed by atoms with Gasteiger partial charge in [-0.1, -0.05) is 0 Å². The van der Waals surface area contributed by atoms with E-state index in [1.807, 2.05) is 26.0 Å². The number of hydrogen-bond acceptors (Lipinski definition) is 5. The molecule has 0 radical (unpaired) electrons. The number of amides is 2. The van der Waals surface area contributed by atoms with Crippen LogP contribution < -0.4 is 4.74 Å². The predicted molar refractivity (Wildman–Crippen MR) is 107 cm³/mol. The fourth-order valence-electron chi connectivity index (χ4n) is 3.70. The van der Waals surface area contributed by atoms with Gasteiger partial charge in [-0.25, -0.2) is 0 Å². The highest BCUT2D eigenvalue weighted by Crippen LogP contribution is 2.28. The molecule has 0 spiro atoms. The van der Waals surface area contributed by atoms with E-state index in [1.165, 1.54) is 0 Å². The summed E-state index contributed by atoms with van der Waals surface area (Å²) in [5.74, 6) is 0.618. The topological polar surface area (TPSA) is 72.0 Å². The lowest BCUT2D eigenvalue weighted by Crippen LogP contribution is -2.41. The van der Waals surface area contributed by atoms with E-state index in [0.717, 1.165) is 5.56 Å². The van der Waals surface area contributed by atoms with Crippen LogP contribution in [0, 0.1) is 6.92 Å². The van der Waals surface area contributed by atoms with Crippen LogP contribution in [0.4, 0.5) is 0 Å². The van der Waals surface area contributed by atoms with E-state index in [0.29, 0.717) is 62.0 Å². The van der Waals surface area contributed by atoms with Crippen molar-refractivity contribution in [3.63, 3.8) is 0 Å². The Balaban J connectivity index is 1.61. The van der Waals surface area contributed by atoms with E-state index in [4.69, 9.17) is 9.47 Å². The van der Waals surface area contributed by atoms with Gasteiger partial charge in [0, 0.05) is 36.1 Å². The molecule has 0 aliphatic carbocycles. The monoisotopic (exact) mass is 395 g/mol. The van der Waals surface area contributed by atoms with Gasteiger partial charge in [-0.05, 0) is 44.2 Å². The van der Waals surface area contributed by atoms with Crippen molar-refractivity contribution in [3.8, 4) is 5.75 Å². The number of carbonyl (C=O) groups excluding carboxylic acids is 2. The summed E-state index contributed by atoms with van der Waals surface area (Å²) >= 11 is 0. The Hall–Kier alpha value is -2.93. The largest absolute Gasteiger partial charge is 0.491 e. The van der Waals surface area contributed by atoms with E-state index in [9.17, 15) is 9.59 Å². The third-order valence-corrected chi connectivity index (χ3v) is 5.46. The number of fused-ring (bicyclic) bond motifs is 1. The van der Waals surface area contributed by atoms with Gasteiger partial charge in [-0.2, -0.15) is 0 Å². The van der Waals surface area contributed by atoms with Crippen molar-refractivity contribution >= 4 is 11.8 Å². The molecule has 1 aromatic carbocycles. The quantitative estimate of drug-likeness (QED) is 0.780. The number of carbonyl (C=O) groups is 2. The summed E-state index contributed by atoms with van der Waals surface area (Å²) in [6, 6.07) is 8.94.